The number of ketones is 2. The van der Waals surface area contributed by atoms with Crippen molar-refractivity contribution in [3.8, 4) is 0 Å². The van der Waals surface area contributed by atoms with Crippen LogP contribution in [0.15, 0.2) is 97.1 Å². The number of rotatable bonds is 16. The van der Waals surface area contributed by atoms with Crippen LogP contribution in [0.5, 0.6) is 0 Å². The standard InChI is InChI=1S/2C21H28N2O/c2*1-5-22(6-2)19-13-9-17(10-14-19)21(24)18-11-15-20(16-12-18)23(7-3)8-4/h2*9-16H,5-8H2,1-4H3. The van der Waals surface area contributed by atoms with E-state index in [4.69, 9.17) is 0 Å². The first kappa shape index (κ1) is 37.9. The van der Waals surface area contributed by atoms with Gasteiger partial charge in [-0.2, -0.15) is 0 Å². The van der Waals surface area contributed by atoms with Gasteiger partial charge in [0.15, 0.2) is 11.6 Å². The Morgan fingerprint density at radius 2 is 0.458 bits per heavy atom. The van der Waals surface area contributed by atoms with E-state index >= 15 is 0 Å². The van der Waals surface area contributed by atoms with Crippen LogP contribution in [0.1, 0.15) is 87.2 Å². The molecule has 0 radical (unpaired) electrons. The minimum atomic E-state index is 0.0761. The van der Waals surface area contributed by atoms with Crippen LogP contribution in [-0.2, 0) is 0 Å². The summed E-state index contributed by atoms with van der Waals surface area (Å²) in [4.78, 5) is 34.4. The van der Waals surface area contributed by atoms with Crippen molar-refractivity contribution >= 4 is 34.3 Å². The van der Waals surface area contributed by atoms with Gasteiger partial charge in [0.05, 0.1) is 0 Å². The van der Waals surface area contributed by atoms with Crippen molar-refractivity contribution < 1.29 is 9.59 Å². The summed E-state index contributed by atoms with van der Waals surface area (Å²) in [6, 6.07) is 31.7. The lowest BCUT2D eigenvalue weighted by Crippen LogP contribution is -2.22. The van der Waals surface area contributed by atoms with Gasteiger partial charge in [-0.1, -0.05) is 0 Å². The number of carbonyl (C=O) groups excluding carboxylic acids is 2. The molecule has 0 heterocycles. The molecule has 0 aromatic heterocycles. The van der Waals surface area contributed by atoms with E-state index in [-0.39, 0.29) is 11.6 Å². The quantitative estimate of drug-likeness (QED) is 0.113. The lowest BCUT2D eigenvalue weighted by molar-refractivity contribution is 0.103. The zero-order chi connectivity index (χ0) is 35.1. The molecule has 0 aliphatic rings. The number of nitrogens with zero attached hydrogens (tertiary/aromatic N) is 4. The zero-order valence-corrected chi connectivity index (χ0v) is 30.5. The van der Waals surface area contributed by atoms with Crippen molar-refractivity contribution in [3.05, 3.63) is 119 Å². The third kappa shape index (κ3) is 9.72. The molecule has 4 aromatic carbocycles. The van der Waals surface area contributed by atoms with E-state index in [9.17, 15) is 9.59 Å². The van der Waals surface area contributed by atoms with Crippen LogP contribution >= 0.6 is 0 Å². The van der Waals surface area contributed by atoms with E-state index in [2.05, 4.69) is 75.0 Å². The van der Waals surface area contributed by atoms with Gasteiger partial charge in [-0.25, -0.2) is 0 Å². The fraction of sp³-hybridized carbons (Fsp3) is 0.381. The third-order valence-corrected chi connectivity index (χ3v) is 9.03. The summed E-state index contributed by atoms with van der Waals surface area (Å²) in [5.74, 6) is 0.152. The van der Waals surface area contributed by atoms with E-state index in [1.165, 1.54) is 0 Å². The predicted molar refractivity (Wildman–Crippen MR) is 207 cm³/mol. The Kier molecular flexibility index (Phi) is 15.2. The smallest absolute Gasteiger partial charge is 0.193 e. The first-order valence-corrected chi connectivity index (χ1v) is 17.8. The lowest BCUT2D eigenvalue weighted by Gasteiger charge is -2.21. The molecule has 0 aliphatic carbocycles. The molecule has 4 aromatic rings. The Hall–Kier alpha value is -4.58. The second-order valence-corrected chi connectivity index (χ2v) is 11.5. The molecule has 48 heavy (non-hydrogen) atoms. The highest BCUT2D eigenvalue weighted by Gasteiger charge is 2.13. The van der Waals surface area contributed by atoms with E-state index in [0.717, 1.165) is 97.4 Å². The fourth-order valence-electron chi connectivity index (χ4n) is 5.98. The second-order valence-electron chi connectivity index (χ2n) is 11.5. The largest absolute Gasteiger partial charge is 0.372 e. The van der Waals surface area contributed by atoms with E-state index < -0.39 is 0 Å². The summed E-state index contributed by atoms with van der Waals surface area (Å²) < 4.78 is 0. The van der Waals surface area contributed by atoms with Crippen molar-refractivity contribution in [2.45, 2.75) is 55.4 Å². The molecule has 0 aliphatic heterocycles. The number of carbonyl (C=O) groups is 2. The van der Waals surface area contributed by atoms with Gasteiger partial charge in [0.2, 0.25) is 0 Å². The summed E-state index contributed by atoms with van der Waals surface area (Å²) >= 11 is 0. The lowest BCUT2D eigenvalue weighted by atomic mass is 10.0. The molecule has 0 amide bonds. The highest BCUT2D eigenvalue weighted by atomic mass is 16.1. The Morgan fingerprint density at radius 1 is 0.312 bits per heavy atom. The summed E-state index contributed by atoms with van der Waals surface area (Å²) in [7, 11) is 0. The summed E-state index contributed by atoms with van der Waals surface area (Å²) in [6.45, 7) is 24.9. The minimum absolute atomic E-state index is 0.0761. The minimum Gasteiger partial charge on any atom is -0.372 e. The van der Waals surface area contributed by atoms with Crippen molar-refractivity contribution in [3.63, 3.8) is 0 Å². The number of anilines is 4. The zero-order valence-electron chi connectivity index (χ0n) is 30.5. The monoisotopic (exact) mass is 648 g/mol. The fourth-order valence-corrected chi connectivity index (χ4v) is 5.98. The highest BCUT2D eigenvalue weighted by molar-refractivity contribution is 6.10. The average Bonchev–Trinajstić information content (AvgIpc) is 3.14. The van der Waals surface area contributed by atoms with E-state index in [1.807, 2.05) is 97.1 Å². The average molecular weight is 649 g/mol. The predicted octanol–water partition coefficient (Wildman–Crippen LogP) is 9.22. The normalized spacial score (nSPS) is 10.5. The van der Waals surface area contributed by atoms with Gasteiger partial charge in [0.25, 0.3) is 0 Å². The molecule has 0 unspecified atom stereocenters. The van der Waals surface area contributed by atoms with Crippen LogP contribution < -0.4 is 19.6 Å². The summed E-state index contributed by atoms with van der Waals surface area (Å²) in [6.07, 6.45) is 0. The topological polar surface area (TPSA) is 47.1 Å². The van der Waals surface area contributed by atoms with Gasteiger partial charge in [-0.15, -0.1) is 0 Å². The maximum absolute atomic E-state index is 12.7. The molecule has 0 N–H and O–H groups in total. The number of hydrogen-bond acceptors (Lipinski definition) is 6. The molecule has 0 saturated heterocycles. The van der Waals surface area contributed by atoms with Gasteiger partial charge < -0.3 is 19.6 Å². The first-order valence-electron chi connectivity index (χ1n) is 17.8. The van der Waals surface area contributed by atoms with Crippen LogP contribution in [-0.4, -0.2) is 63.9 Å². The van der Waals surface area contributed by atoms with Gasteiger partial charge in [-0.05, 0) is 152 Å². The second kappa shape index (κ2) is 19.3. The summed E-state index contributed by atoms with van der Waals surface area (Å²) in [5.41, 5.74) is 7.59. The molecule has 4 rings (SSSR count). The van der Waals surface area contributed by atoms with Crippen molar-refractivity contribution in [2.75, 3.05) is 72.0 Å². The van der Waals surface area contributed by atoms with Crippen LogP contribution in [0.4, 0.5) is 22.7 Å². The van der Waals surface area contributed by atoms with Crippen molar-refractivity contribution in [1.82, 2.24) is 0 Å². The molecule has 0 fully saturated rings. The molecule has 0 saturated carbocycles. The maximum Gasteiger partial charge on any atom is 0.193 e. The van der Waals surface area contributed by atoms with Crippen molar-refractivity contribution in [1.29, 1.82) is 0 Å². The Labute approximate surface area is 290 Å². The van der Waals surface area contributed by atoms with Crippen LogP contribution in [0.25, 0.3) is 0 Å². The Morgan fingerprint density at radius 3 is 0.583 bits per heavy atom. The summed E-state index contributed by atoms with van der Waals surface area (Å²) in [5, 5.41) is 0. The van der Waals surface area contributed by atoms with Crippen LogP contribution in [0.2, 0.25) is 0 Å². The van der Waals surface area contributed by atoms with Gasteiger partial charge >= 0.3 is 0 Å². The molecular formula is C42H56N4O2. The molecule has 256 valence electrons. The van der Waals surface area contributed by atoms with Crippen molar-refractivity contribution in [2.24, 2.45) is 0 Å². The molecule has 6 heteroatoms. The SMILES string of the molecule is CCN(CC)c1ccc(C(=O)c2ccc(N(CC)CC)cc2)cc1.CCN(CC)c1ccc(C(=O)c2ccc(N(CC)CC)cc2)cc1. The Balaban J connectivity index is 0.000000260. The Bertz CT molecular complexity index is 1280. The number of benzene rings is 4. The van der Waals surface area contributed by atoms with E-state index in [0.29, 0.717) is 0 Å². The highest BCUT2D eigenvalue weighted by Crippen LogP contribution is 2.21. The van der Waals surface area contributed by atoms with E-state index in [1.54, 1.807) is 0 Å². The maximum atomic E-state index is 12.7. The van der Waals surface area contributed by atoms with Gasteiger partial charge in [0, 0.05) is 97.4 Å². The molecule has 0 bridgehead atoms. The molecule has 0 atom stereocenters. The van der Waals surface area contributed by atoms with Gasteiger partial charge in [-0.3, -0.25) is 9.59 Å². The van der Waals surface area contributed by atoms with Gasteiger partial charge in [0.1, 0.15) is 0 Å². The molecule has 0 spiro atoms. The number of hydrogen-bond donors (Lipinski definition) is 0. The van der Waals surface area contributed by atoms with Crippen LogP contribution in [0, 0.1) is 0 Å². The first-order chi connectivity index (χ1) is 23.3. The third-order valence-electron chi connectivity index (χ3n) is 9.03. The van der Waals surface area contributed by atoms with Crippen LogP contribution in [0.3, 0.4) is 0 Å². The molecular weight excluding hydrogens is 592 g/mol. The molecule has 6 nitrogen and oxygen atoms in total.